The summed E-state index contributed by atoms with van der Waals surface area (Å²) in [5.41, 5.74) is 0.318. The predicted octanol–water partition coefficient (Wildman–Crippen LogP) is 3.18. The molecule has 0 aromatic carbocycles. The summed E-state index contributed by atoms with van der Waals surface area (Å²) in [6, 6.07) is 0. The molecule has 0 atom stereocenters. The number of methoxy groups -OCH3 is 1. The molecular formula is C12H18OS. The zero-order chi connectivity index (χ0) is 9.76. The van der Waals surface area contributed by atoms with Gasteiger partial charge in [-0.1, -0.05) is 0 Å². The normalized spacial score (nSPS) is 49.4. The molecule has 2 heteroatoms. The highest BCUT2D eigenvalue weighted by molar-refractivity contribution is 7.80. The van der Waals surface area contributed by atoms with Gasteiger partial charge in [0.25, 0.3) is 0 Å². The van der Waals surface area contributed by atoms with E-state index < -0.39 is 0 Å². The van der Waals surface area contributed by atoms with Crippen molar-refractivity contribution in [1.82, 2.24) is 0 Å². The first-order valence-corrected chi connectivity index (χ1v) is 6.21. The largest absolute Gasteiger partial charge is 0.490 e. The molecular weight excluding hydrogens is 192 g/mol. The Balaban J connectivity index is 1.91. The third-order valence-corrected chi connectivity index (χ3v) is 5.26. The fourth-order valence-corrected chi connectivity index (χ4v) is 4.83. The van der Waals surface area contributed by atoms with E-state index >= 15 is 0 Å². The summed E-state index contributed by atoms with van der Waals surface area (Å²) in [5, 5.41) is 0.914. The summed E-state index contributed by atoms with van der Waals surface area (Å²) in [5.74, 6) is 2.90. The van der Waals surface area contributed by atoms with Crippen LogP contribution in [0.15, 0.2) is 0 Å². The Hall–Kier alpha value is -0.110. The number of hydrogen-bond acceptors (Lipinski definition) is 2. The van der Waals surface area contributed by atoms with Gasteiger partial charge in [-0.05, 0) is 68.5 Å². The van der Waals surface area contributed by atoms with Crippen molar-refractivity contribution >= 4 is 17.3 Å². The lowest BCUT2D eigenvalue weighted by molar-refractivity contribution is -0.0204. The van der Waals surface area contributed by atoms with Crippen molar-refractivity contribution in [3.05, 3.63) is 0 Å². The number of ether oxygens (including phenoxy) is 1. The van der Waals surface area contributed by atoms with Crippen LogP contribution in [0.25, 0.3) is 0 Å². The Morgan fingerprint density at radius 1 is 1.07 bits per heavy atom. The molecule has 14 heavy (non-hydrogen) atoms. The fourth-order valence-electron chi connectivity index (χ4n) is 4.58. The van der Waals surface area contributed by atoms with E-state index in [1.165, 1.54) is 38.5 Å². The number of thiocarbonyl (C=S) groups is 1. The third kappa shape index (κ3) is 1.16. The first kappa shape index (κ1) is 9.14. The highest BCUT2D eigenvalue weighted by Crippen LogP contribution is 2.60. The topological polar surface area (TPSA) is 9.23 Å². The fraction of sp³-hybridized carbons (Fsp3) is 0.917. The van der Waals surface area contributed by atoms with Crippen LogP contribution >= 0.6 is 12.2 Å². The second-order valence-electron chi connectivity index (χ2n) is 5.69. The van der Waals surface area contributed by atoms with Gasteiger partial charge in [-0.3, -0.25) is 0 Å². The molecule has 4 bridgehead atoms. The molecule has 4 fully saturated rings. The maximum atomic E-state index is 5.42. The number of hydrogen-bond donors (Lipinski definition) is 0. The van der Waals surface area contributed by atoms with Gasteiger partial charge in [-0.25, -0.2) is 0 Å². The summed E-state index contributed by atoms with van der Waals surface area (Å²) in [6.07, 6.45) is 8.41. The van der Waals surface area contributed by atoms with E-state index in [1.54, 1.807) is 7.11 Å². The van der Waals surface area contributed by atoms with Gasteiger partial charge in [-0.2, -0.15) is 0 Å². The molecule has 0 aliphatic heterocycles. The summed E-state index contributed by atoms with van der Waals surface area (Å²) in [7, 11) is 1.75. The smallest absolute Gasteiger partial charge is 0.165 e. The van der Waals surface area contributed by atoms with Crippen LogP contribution < -0.4 is 0 Å². The Morgan fingerprint density at radius 3 is 1.86 bits per heavy atom. The Bertz CT molecular complexity index is 236. The molecule has 78 valence electrons. The summed E-state index contributed by atoms with van der Waals surface area (Å²) < 4.78 is 5.37. The van der Waals surface area contributed by atoms with Crippen molar-refractivity contribution in [2.45, 2.75) is 38.5 Å². The highest BCUT2D eigenvalue weighted by atomic mass is 32.1. The van der Waals surface area contributed by atoms with E-state index in [0.29, 0.717) is 5.41 Å². The van der Waals surface area contributed by atoms with E-state index in [1.807, 2.05) is 0 Å². The quantitative estimate of drug-likeness (QED) is 0.615. The summed E-state index contributed by atoms with van der Waals surface area (Å²) >= 11 is 5.42. The molecule has 0 aromatic rings. The molecule has 4 aliphatic carbocycles. The Morgan fingerprint density at radius 2 is 1.50 bits per heavy atom. The van der Waals surface area contributed by atoms with Crippen molar-refractivity contribution in [2.75, 3.05) is 7.11 Å². The van der Waals surface area contributed by atoms with Crippen molar-refractivity contribution in [2.24, 2.45) is 23.2 Å². The lowest BCUT2D eigenvalue weighted by Gasteiger charge is -2.56. The summed E-state index contributed by atoms with van der Waals surface area (Å²) in [4.78, 5) is 0. The Labute approximate surface area is 91.2 Å². The monoisotopic (exact) mass is 210 g/mol. The Kier molecular flexibility index (Phi) is 1.92. The third-order valence-electron chi connectivity index (χ3n) is 4.66. The van der Waals surface area contributed by atoms with E-state index in [2.05, 4.69) is 0 Å². The second-order valence-corrected chi connectivity index (χ2v) is 6.06. The number of rotatable bonds is 1. The highest BCUT2D eigenvalue weighted by Gasteiger charge is 2.53. The molecule has 4 aliphatic rings. The van der Waals surface area contributed by atoms with Crippen LogP contribution in [0.5, 0.6) is 0 Å². The molecule has 0 N–H and O–H groups in total. The molecule has 4 saturated carbocycles. The van der Waals surface area contributed by atoms with Crippen LogP contribution in [0.3, 0.4) is 0 Å². The summed E-state index contributed by atoms with van der Waals surface area (Å²) in [6.45, 7) is 0. The van der Waals surface area contributed by atoms with E-state index in [0.717, 1.165) is 22.8 Å². The van der Waals surface area contributed by atoms with Gasteiger partial charge in [0.05, 0.1) is 7.11 Å². The standard InChI is InChI=1S/C12H18OS/c1-13-11(14)12-5-8-2-9(6-12)4-10(3-8)7-12/h8-10H,2-7H2,1H3. The first-order valence-electron chi connectivity index (χ1n) is 5.80. The van der Waals surface area contributed by atoms with Gasteiger partial charge in [0, 0.05) is 5.41 Å². The van der Waals surface area contributed by atoms with Crippen LogP contribution in [0.4, 0.5) is 0 Å². The minimum Gasteiger partial charge on any atom is -0.490 e. The van der Waals surface area contributed by atoms with Crippen molar-refractivity contribution in [3.8, 4) is 0 Å². The molecule has 0 aromatic heterocycles. The molecule has 0 unspecified atom stereocenters. The van der Waals surface area contributed by atoms with Gasteiger partial charge >= 0.3 is 0 Å². The lowest BCUT2D eigenvalue weighted by atomic mass is 9.50. The molecule has 0 amide bonds. The molecule has 0 radical (unpaired) electrons. The van der Waals surface area contributed by atoms with E-state index in [9.17, 15) is 0 Å². The van der Waals surface area contributed by atoms with E-state index in [-0.39, 0.29) is 0 Å². The zero-order valence-corrected chi connectivity index (χ0v) is 9.61. The SMILES string of the molecule is COC(=S)C12CC3CC(CC(C3)C1)C2. The maximum absolute atomic E-state index is 5.42. The van der Waals surface area contributed by atoms with Gasteiger partial charge in [0.2, 0.25) is 0 Å². The van der Waals surface area contributed by atoms with Crippen molar-refractivity contribution < 1.29 is 4.74 Å². The molecule has 0 spiro atoms. The predicted molar refractivity (Wildman–Crippen MR) is 60.2 cm³/mol. The zero-order valence-electron chi connectivity index (χ0n) is 8.79. The van der Waals surface area contributed by atoms with Gasteiger partial charge < -0.3 is 4.74 Å². The van der Waals surface area contributed by atoms with Crippen LogP contribution in [0.2, 0.25) is 0 Å². The van der Waals surface area contributed by atoms with Crippen LogP contribution in [0.1, 0.15) is 38.5 Å². The average Bonchev–Trinajstić information content (AvgIpc) is 2.14. The lowest BCUT2D eigenvalue weighted by Crippen LogP contribution is -2.49. The molecule has 0 saturated heterocycles. The van der Waals surface area contributed by atoms with Gasteiger partial charge in [-0.15, -0.1) is 0 Å². The minimum absolute atomic E-state index is 0.318. The minimum atomic E-state index is 0.318. The van der Waals surface area contributed by atoms with Crippen molar-refractivity contribution in [3.63, 3.8) is 0 Å². The van der Waals surface area contributed by atoms with Crippen LogP contribution in [0, 0.1) is 23.2 Å². The molecule has 0 heterocycles. The van der Waals surface area contributed by atoms with Gasteiger partial charge in [0.15, 0.2) is 5.05 Å². The maximum Gasteiger partial charge on any atom is 0.165 e. The molecule has 4 rings (SSSR count). The van der Waals surface area contributed by atoms with Crippen LogP contribution in [-0.2, 0) is 4.74 Å². The first-order chi connectivity index (χ1) is 6.72. The average molecular weight is 210 g/mol. The molecule has 1 nitrogen and oxygen atoms in total. The van der Waals surface area contributed by atoms with Crippen LogP contribution in [-0.4, -0.2) is 12.2 Å². The van der Waals surface area contributed by atoms with Crippen molar-refractivity contribution in [1.29, 1.82) is 0 Å². The van der Waals surface area contributed by atoms with Gasteiger partial charge in [0.1, 0.15) is 0 Å². The van der Waals surface area contributed by atoms with E-state index in [4.69, 9.17) is 17.0 Å². The second kappa shape index (κ2) is 2.94.